The second-order valence-electron chi connectivity index (χ2n) is 6.10. The largest absolute Gasteiger partial charge is 0.508 e. The van der Waals surface area contributed by atoms with Crippen molar-refractivity contribution in [1.82, 2.24) is 0 Å². The number of phenolic OH excluding ortho intramolecular Hbond substituents is 1. The van der Waals surface area contributed by atoms with Crippen molar-refractivity contribution in [2.45, 2.75) is 13.3 Å². The zero-order chi connectivity index (χ0) is 19.9. The van der Waals surface area contributed by atoms with E-state index < -0.39 is 0 Å². The Morgan fingerprint density at radius 2 is 2.04 bits per heavy atom. The van der Waals surface area contributed by atoms with Gasteiger partial charge in [-0.15, -0.1) is 11.3 Å². The summed E-state index contributed by atoms with van der Waals surface area (Å²) in [5.41, 5.74) is 8.67. The van der Waals surface area contributed by atoms with Crippen LogP contribution in [0.1, 0.15) is 18.2 Å². The van der Waals surface area contributed by atoms with Gasteiger partial charge in [-0.1, -0.05) is 19.6 Å². The standard InChI is InChI=1S/C22H23N3O2S/c1-3-12-27-18-10-8-15(9-11-18)20-14-19(23)21(28-20)22(24-4-2)25-16-6-5-7-17(26)13-16/h4-11,13-14,26H,2-3,12,23H2,1H3,(H,24,25). The van der Waals surface area contributed by atoms with E-state index in [9.17, 15) is 5.11 Å². The van der Waals surface area contributed by atoms with E-state index in [0.717, 1.165) is 27.5 Å². The Kier molecular flexibility index (Phi) is 6.34. The Hall–Kier alpha value is -3.25. The Morgan fingerprint density at radius 3 is 2.71 bits per heavy atom. The number of thiophene rings is 1. The van der Waals surface area contributed by atoms with Crippen LogP contribution in [0.4, 0.5) is 11.4 Å². The van der Waals surface area contributed by atoms with Gasteiger partial charge in [0.15, 0.2) is 0 Å². The third-order valence-electron chi connectivity index (χ3n) is 3.92. The van der Waals surface area contributed by atoms with Crippen molar-refractivity contribution < 1.29 is 9.84 Å². The van der Waals surface area contributed by atoms with Crippen molar-refractivity contribution in [2.75, 3.05) is 17.7 Å². The summed E-state index contributed by atoms with van der Waals surface area (Å²) in [6, 6.07) is 16.7. The lowest BCUT2D eigenvalue weighted by molar-refractivity contribution is 0.317. The molecule has 0 amide bonds. The van der Waals surface area contributed by atoms with Crippen molar-refractivity contribution in [2.24, 2.45) is 4.99 Å². The summed E-state index contributed by atoms with van der Waals surface area (Å²) in [5, 5.41) is 12.9. The average Bonchev–Trinajstić information content (AvgIpc) is 3.08. The quantitative estimate of drug-likeness (QED) is 0.366. The number of nitrogens with two attached hydrogens (primary N) is 1. The molecule has 0 fully saturated rings. The molecule has 3 rings (SSSR count). The highest BCUT2D eigenvalue weighted by molar-refractivity contribution is 7.18. The molecule has 0 saturated heterocycles. The highest BCUT2D eigenvalue weighted by Crippen LogP contribution is 2.35. The number of nitrogen functional groups attached to an aromatic ring is 1. The lowest BCUT2D eigenvalue weighted by atomic mass is 10.2. The van der Waals surface area contributed by atoms with Crippen LogP contribution >= 0.6 is 11.3 Å². The molecule has 2 aromatic carbocycles. The molecule has 6 heteroatoms. The second-order valence-corrected chi connectivity index (χ2v) is 7.16. The Balaban J connectivity index is 1.86. The van der Waals surface area contributed by atoms with Gasteiger partial charge in [0, 0.05) is 22.8 Å². The average molecular weight is 394 g/mol. The van der Waals surface area contributed by atoms with Gasteiger partial charge >= 0.3 is 0 Å². The molecular formula is C22H23N3O2S. The summed E-state index contributed by atoms with van der Waals surface area (Å²) in [4.78, 5) is 6.17. The molecule has 1 aromatic heterocycles. The number of hydrogen-bond donors (Lipinski definition) is 3. The zero-order valence-corrected chi connectivity index (χ0v) is 16.5. The molecule has 0 spiro atoms. The minimum absolute atomic E-state index is 0.174. The molecule has 144 valence electrons. The van der Waals surface area contributed by atoms with Crippen LogP contribution in [0.5, 0.6) is 11.5 Å². The maximum atomic E-state index is 9.68. The third kappa shape index (κ3) is 4.72. The number of aliphatic imine (C=N–C) groups is 1. The molecule has 3 aromatic rings. The monoisotopic (exact) mass is 393 g/mol. The molecule has 0 radical (unpaired) electrons. The Bertz CT molecular complexity index is 978. The number of aromatic hydroxyl groups is 1. The van der Waals surface area contributed by atoms with Crippen molar-refractivity contribution >= 4 is 28.5 Å². The van der Waals surface area contributed by atoms with Gasteiger partial charge < -0.3 is 20.9 Å². The molecule has 28 heavy (non-hydrogen) atoms. The topological polar surface area (TPSA) is 79.9 Å². The van der Waals surface area contributed by atoms with E-state index in [0.29, 0.717) is 23.8 Å². The molecule has 0 saturated carbocycles. The molecule has 0 aliphatic heterocycles. The van der Waals surface area contributed by atoms with Gasteiger partial charge in [-0.05, 0) is 54.4 Å². The fourth-order valence-corrected chi connectivity index (χ4v) is 3.66. The summed E-state index contributed by atoms with van der Waals surface area (Å²) in [6.45, 7) is 6.47. The normalized spacial score (nSPS) is 11.2. The molecule has 0 atom stereocenters. The van der Waals surface area contributed by atoms with Crippen molar-refractivity contribution in [3.05, 3.63) is 72.3 Å². The van der Waals surface area contributed by atoms with Gasteiger partial charge in [0.1, 0.15) is 17.3 Å². The number of anilines is 2. The first-order valence-corrected chi connectivity index (χ1v) is 9.80. The van der Waals surface area contributed by atoms with E-state index in [4.69, 9.17) is 10.5 Å². The molecule has 0 aliphatic rings. The van der Waals surface area contributed by atoms with Crippen LogP contribution < -0.4 is 15.8 Å². The van der Waals surface area contributed by atoms with E-state index in [1.54, 1.807) is 18.2 Å². The van der Waals surface area contributed by atoms with Gasteiger partial charge in [0.25, 0.3) is 0 Å². The lowest BCUT2D eigenvalue weighted by Gasteiger charge is -2.09. The predicted octanol–water partition coefficient (Wildman–Crippen LogP) is 5.49. The highest BCUT2D eigenvalue weighted by atomic mass is 32.1. The van der Waals surface area contributed by atoms with Crippen LogP contribution in [0.3, 0.4) is 0 Å². The summed E-state index contributed by atoms with van der Waals surface area (Å²) in [7, 11) is 0. The summed E-state index contributed by atoms with van der Waals surface area (Å²) < 4.78 is 5.64. The minimum Gasteiger partial charge on any atom is -0.508 e. The van der Waals surface area contributed by atoms with Crippen LogP contribution in [0.15, 0.2) is 72.4 Å². The Morgan fingerprint density at radius 1 is 1.25 bits per heavy atom. The fourth-order valence-electron chi connectivity index (χ4n) is 2.63. The molecule has 4 N–H and O–H groups in total. The van der Waals surface area contributed by atoms with Crippen molar-refractivity contribution in [3.63, 3.8) is 0 Å². The van der Waals surface area contributed by atoms with Gasteiger partial charge in [-0.25, -0.2) is 4.99 Å². The predicted molar refractivity (Wildman–Crippen MR) is 118 cm³/mol. The first-order chi connectivity index (χ1) is 13.6. The van der Waals surface area contributed by atoms with Crippen LogP contribution in [0, 0.1) is 0 Å². The van der Waals surface area contributed by atoms with Crippen LogP contribution in [-0.4, -0.2) is 17.5 Å². The first kappa shape index (κ1) is 19.5. The van der Waals surface area contributed by atoms with Crippen molar-refractivity contribution in [3.8, 4) is 21.9 Å². The third-order valence-corrected chi connectivity index (χ3v) is 5.12. The number of nitrogens with zero attached hydrogens (tertiary/aromatic N) is 1. The highest BCUT2D eigenvalue weighted by Gasteiger charge is 2.14. The number of hydrogen-bond acceptors (Lipinski definition) is 5. The maximum absolute atomic E-state index is 9.68. The maximum Gasteiger partial charge on any atom is 0.149 e. The summed E-state index contributed by atoms with van der Waals surface area (Å²) in [5.74, 6) is 1.61. The summed E-state index contributed by atoms with van der Waals surface area (Å²) in [6.07, 6.45) is 2.44. The van der Waals surface area contributed by atoms with Gasteiger partial charge in [-0.3, -0.25) is 0 Å². The second kappa shape index (κ2) is 9.10. The number of ether oxygens (including phenoxy) is 1. The van der Waals surface area contributed by atoms with E-state index in [2.05, 4.69) is 23.8 Å². The van der Waals surface area contributed by atoms with E-state index in [1.807, 2.05) is 36.4 Å². The Labute approximate surface area is 168 Å². The number of benzene rings is 2. The number of rotatable bonds is 7. The van der Waals surface area contributed by atoms with Crippen LogP contribution in [0.25, 0.3) is 10.4 Å². The SMILES string of the molecule is C=CN=C(Nc1cccc(O)c1)c1sc(-c2ccc(OCCC)cc2)cc1N. The van der Waals surface area contributed by atoms with E-state index in [-0.39, 0.29) is 5.75 Å². The molecule has 1 heterocycles. The van der Waals surface area contributed by atoms with Crippen LogP contribution in [-0.2, 0) is 0 Å². The number of phenols is 1. The smallest absolute Gasteiger partial charge is 0.149 e. The van der Waals surface area contributed by atoms with Gasteiger partial charge in [0.05, 0.1) is 17.2 Å². The molecule has 0 aliphatic carbocycles. The van der Waals surface area contributed by atoms with Gasteiger partial charge in [0.2, 0.25) is 0 Å². The first-order valence-electron chi connectivity index (χ1n) is 8.98. The van der Waals surface area contributed by atoms with E-state index in [1.165, 1.54) is 17.5 Å². The van der Waals surface area contributed by atoms with Crippen LogP contribution in [0.2, 0.25) is 0 Å². The minimum atomic E-state index is 0.174. The molecule has 0 unspecified atom stereocenters. The molecular weight excluding hydrogens is 370 g/mol. The molecule has 0 bridgehead atoms. The number of nitrogens with one attached hydrogen (secondary N) is 1. The molecule has 5 nitrogen and oxygen atoms in total. The summed E-state index contributed by atoms with van der Waals surface area (Å²) >= 11 is 1.54. The van der Waals surface area contributed by atoms with Gasteiger partial charge in [-0.2, -0.15) is 0 Å². The zero-order valence-electron chi connectivity index (χ0n) is 15.7. The lowest BCUT2D eigenvalue weighted by Crippen LogP contribution is -2.13. The number of amidine groups is 1. The van der Waals surface area contributed by atoms with Crippen molar-refractivity contribution in [1.29, 1.82) is 0 Å². The fraction of sp³-hybridized carbons (Fsp3) is 0.136. The van der Waals surface area contributed by atoms with E-state index >= 15 is 0 Å².